The van der Waals surface area contributed by atoms with Gasteiger partial charge in [-0.3, -0.25) is 18.8 Å². The van der Waals surface area contributed by atoms with Crippen LogP contribution < -0.4 is 11.2 Å². The zero-order valence-corrected chi connectivity index (χ0v) is 15.4. The SMILES string of the molecule is Cn1c(=O)c2c(ncn2CCN2CCN(S(C)(=O)=O)CC2)n(C)c1=O. The zero-order chi connectivity index (χ0) is 18.4. The molecule has 0 saturated carbocycles. The molecule has 0 unspecified atom stereocenters. The Morgan fingerprint density at radius 3 is 2.28 bits per heavy atom. The summed E-state index contributed by atoms with van der Waals surface area (Å²) in [5.41, 5.74) is 0.00603. The molecule has 1 fully saturated rings. The molecule has 0 bridgehead atoms. The van der Waals surface area contributed by atoms with Crippen LogP contribution in [0.25, 0.3) is 11.2 Å². The number of sulfonamides is 1. The fourth-order valence-corrected chi connectivity index (χ4v) is 3.93. The summed E-state index contributed by atoms with van der Waals surface area (Å²) in [5.74, 6) is 0. The van der Waals surface area contributed by atoms with Gasteiger partial charge in [0, 0.05) is 53.4 Å². The van der Waals surface area contributed by atoms with Crippen molar-refractivity contribution in [3.8, 4) is 0 Å². The lowest BCUT2D eigenvalue weighted by atomic mass is 10.3. The van der Waals surface area contributed by atoms with Crippen molar-refractivity contribution in [2.24, 2.45) is 14.1 Å². The highest BCUT2D eigenvalue weighted by Crippen LogP contribution is 2.08. The van der Waals surface area contributed by atoms with E-state index in [1.165, 1.54) is 22.2 Å². The van der Waals surface area contributed by atoms with Crippen LogP contribution in [0.2, 0.25) is 0 Å². The largest absolute Gasteiger partial charge is 0.332 e. The van der Waals surface area contributed by atoms with Gasteiger partial charge in [-0.1, -0.05) is 0 Å². The molecule has 3 heterocycles. The minimum absolute atomic E-state index is 0.363. The molecular formula is C14H22N6O4S. The van der Waals surface area contributed by atoms with Crippen molar-refractivity contribution in [2.45, 2.75) is 6.54 Å². The van der Waals surface area contributed by atoms with Crippen LogP contribution >= 0.6 is 0 Å². The van der Waals surface area contributed by atoms with Crippen molar-refractivity contribution >= 4 is 21.2 Å². The smallest absolute Gasteiger partial charge is 0.323 e. The molecule has 1 aliphatic rings. The Morgan fingerprint density at radius 1 is 1.04 bits per heavy atom. The van der Waals surface area contributed by atoms with Crippen LogP contribution in [0.5, 0.6) is 0 Å². The molecule has 0 aromatic carbocycles. The first kappa shape index (κ1) is 17.8. The van der Waals surface area contributed by atoms with Crippen LogP contribution in [0.1, 0.15) is 0 Å². The lowest BCUT2D eigenvalue weighted by molar-refractivity contribution is 0.184. The normalized spacial score (nSPS) is 17.4. The summed E-state index contributed by atoms with van der Waals surface area (Å²) in [5, 5.41) is 0. The molecule has 2 aromatic heterocycles. The molecule has 25 heavy (non-hydrogen) atoms. The molecule has 0 amide bonds. The van der Waals surface area contributed by atoms with E-state index in [1.54, 1.807) is 17.9 Å². The lowest BCUT2D eigenvalue weighted by Gasteiger charge is -2.33. The van der Waals surface area contributed by atoms with Gasteiger partial charge in [-0.05, 0) is 0 Å². The standard InChI is InChI=1S/C14H22N6O4S/c1-16-12-11(13(21)17(2)14(16)22)19(10-15-12)7-4-18-5-8-20(9-6-18)25(3,23)24/h10H,4-9H2,1-3H3. The maximum atomic E-state index is 12.4. The number of nitrogens with zero attached hydrogens (tertiary/aromatic N) is 6. The number of hydrogen-bond acceptors (Lipinski definition) is 6. The van der Waals surface area contributed by atoms with E-state index in [2.05, 4.69) is 9.88 Å². The molecule has 0 aliphatic carbocycles. The van der Waals surface area contributed by atoms with Gasteiger partial charge in [-0.15, -0.1) is 0 Å². The first-order chi connectivity index (χ1) is 11.7. The molecule has 0 N–H and O–H groups in total. The van der Waals surface area contributed by atoms with Crippen molar-refractivity contribution in [2.75, 3.05) is 39.0 Å². The zero-order valence-electron chi connectivity index (χ0n) is 14.5. The molecular weight excluding hydrogens is 348 g/mol. The second-order valence-electron chi connectivity index (χ2n) is 6.32. The molecule has 0 spiro atoms. The minimum Gasteiger partial charge on any atom is -0.323 e. The van der Waals surface area contributed by atoms with E-state index >= 15 is 0 Å². The van der Waals surface area contributed by atoms with Crippen molar-refractivity contribution in [3.05, 3.63) is 27.2 Å². The second-order valence-corrected chi connectivity index (χ2v) is 8.30. The Balaban J connectivity index is 1.75. The second kappa shape index (κ2) is 6.39. The van der Waals surface area contributed by atoms with Gasteiger partial charge in [0.15, 0.2) is 11.2 Å². The number of hydrogen-bond donors (Lipinski definition) is 0. The van der Waals surface area contributed by atoms with E-state index in [0.29, 0.717) is 50.4 Å². The number of piperazine rings is 1. The molecule has 0 atom stereocenters. The van der Waals surface area contributed by atoms with Gasteiger partial charge in [0.1, 0.15) is 0 Å². The summed E-state index contributed by atoms with van der Waals surface area (Å²) in [6.07, 6.45) is 2.79. The minimum atomic E-state index is -3.14. The van der Waals surface area contributed by atoms with Crippen LogP contribution in [0, 0.1) is 0 Å². The molecule has 2 aromatic rings. The topological polar surface area (TPSA) is 102 Å². The van der Waals surface area contributed by atoms with Crippen LogP contribution in [0.15, 0.2) is 15.9 Å². The predicted octanol–water partition coefficient (Wildman–Crippen LogP) is -1.99. The Bertz CT molecular complexity index is 1010. The Morgan fingerprint density at radius 2 is 1.68 bits per heavy atom. The van der Waals surface area contributed by atoms with E-state index in [1.807, 2.05) is 0 Å². The first-order valence-corrected chi connectivity index (χ1v) is 9.83. The highest BCUT2D eigenvalue weighted by atomic mass is 32.2. The third-order valence-corrected chi connectivity index (χ3v) is 5.98. The van der Waals surface area contributed by atoms with Crippen LogP contribution in [-0.2, 0) is 30.7 Å². The van der Waals surface area contributed by atoms with E-state index in [4.69, 9.17) is 0 Å². The van der Waals surface area contributed by atoms with Crippen LogP contribution in [0.3, 0.4) is 0 Å². The van der Waals surface area contributed by atoms with Gasteiger partial charge in [-0.25, -0.2) is 18.2 Å². The van der Waals surface area contributed by atoms with Crippen LogP contribution in [0.4, 0.5) is 0 Å². The summed E-state index contributed by atoms with van der Waals surface area (Å²) in [7, 11) is -0.101. The van der Waals surface area contributed by atoms with Gasteiger partial charge in [0.2, 0.25) is 10.0 Å². The molecule has 1 saturated heterocycles. The Hall–Kier alpha value is -1.98. The molecule has 138 valence electrons. The fourth-order valence-electron chi connectivity index (χ4n) is 3.10. The molecule has 10 nitrogen and oxygen atoms in total. The predicted molar refractivity (Wildman–Crippen MR) is 93.1 cm³/mol. The average Bonchev–Trinajstić information content (AvgIpc) is 3.00. The molecule has 1 aliphatic heterocycles. The summed E-state index contributed by atoms with van der Waals surface area (Å²) < 4.78 is 28.7. The van der Waals surface area contributed by atoms with Gasteiger partial charge in [-0.2, -0.15) is 4.31 Å². The van der Waals surface area contributed by atoms with Gasteiger partial charge in [0.05, 0.1) is 12.6 Å². The van der Waals surface area contributed by atoms with Gasteiger partial charge >= 0.3 is 5.69 Å². The van der Waals surface area contributed by atoms with E-state index in [9.17, 15) is 18.0 Å². The Kier molecular flexibility index (Phi) is 4.56. The summed E-state index contributed by atoms with van der Waals surface area (Å²) in [6.45, 7) is 3.46. The van der Waals surface area contributed by atoms with Crippen LogP contribution in [-0.4, -0.2) is 75.3 Å². The fraction of sp³-hybridized carbons (Fsp3) is 0.643. The molecule has 3 rings (SSSR count). The average molecular weight is 370 g/mol. The van der Waals surface area contributed by atoms with Crippen molar-refractivity contribution < 1.29 is 8.42 Å². The monoisotopic (exact) mass is 370 g/mol. The number of fused-ring (bicyclic) bond motifs is 1. The lowest BCUT2D eigenvalue weighted by Crippen LogP contribution is -2.48. The number of imidazole rings is 1. The van der Waals surface area contributed by atoms with Crippen molar-refractivity contribution in [3.63, 3.8) is 0 Å². The first-order valence-electron chi connectivity index (χ1n) is 7.98. The van der Waals surface area contributed by atoms with Gasteiger partial charge < -0.3 is 4.57 Å². The van der Waals surface area contributed by atoms with E-state index in [0.717, 1.165) is 4.57 Å². The Labute approximate surface area is 144 Å². The highest BCUT2D eigenvalue weighted by Gasteiger charge is 2.23. The number of rotatable bonds is 4. The summed E-state index contributed by atoms with van der Waals surface area (Å²) in [4.78, 5) is 30.7. The quantitative estimate of drug-likeness (QED) is 0.618. The molecule has 11 heteroatoms. The van der Waals surface area contributed by atoms with Crippen molar-refractivity contribution in [1.29, 1.82) is 0 Å². The van der Waals surface area contributed by atoms with Gasteiger partial charge in [0.25, 0.3) is 5.56 Å². The number of aromatic nitrogens is 4. The van der Waals surface area contributed by atoms with E-state index in [-0.39, 0.29) is 5.56 Å². The number of aryl methyl sites for hydroxylation is 1. The molecule has 0 radical (unpaired) electrons. The van der Waals surface area contributed by atoms with E-state index < -0.39 is 15.7 Å². The summed E-state index contributed by atoms with van der Waals surface area (Å²) >= 11 is 0. The highest BCUT2D eigenvalue weighted by molar-refractivity contribution is 7.88. The third kappa shape index (κ3) is 3.26. The van der Waals surface area contributed by atoms with Crippen molar-refractivity contribution in [1.82, 2.24) is 27.9 Å². The maximum Gasteiger partial charge on any atom is 0.332 e. The third-order valence-electron chi connectivity index (χ3n) is 4.67. The maximum absolute atomic E-state index is 12.4. The summed E-state index contributed by atoms with van der Waals surface area (Å²) in [6, 6.07) is 0.